The van der Waals surface area contributed by atoms with E-state index in [4.69, 9.17) is 10.00 Å². The molecule has 0 spiro atoms. The molecule has 3 aromatic rings. The third kappa shape index (κ3) is 5.54. The number of nitriles is 1. The summed E-state index contributed by atoms with van der Waals surface area (Å²) in [6, 6.07) is 12.9. The Kier molecular flexibility index (Phi) is 6.81. The molecule has 10 nitrogen and oxygen atoms in total. The molecule has 1 fully saturated rings. The fraction of sp³-hybridized carbons (Fsp3) is 0.227. The second-order valence-electron chi connectivity index (χ2n) is 7.04. The lowest BCUT2D eigenvalue weighted by molar-refractivity contribution is 0.0372. The molecule has 10 heteroatoms. The van der Waals surface area contributed by atoms with Crippen LogP contribution in [0.5, 0.6) is 0 Å². The van der Waals surface area contributed by atoms with Gasteiger partial charge in [0, 0.05) is 37.6 Å². The summed E-state index contributed by atoms with van der Waals surface area (Å²) in [5.41, 5.74) is 1.92. The summed E-state index contributed by atoms with van der Waals surface area (Å²) in [6.45, 7) is 2.73. The van der Waals surface area contributed by atoms with Crippen molar-refractivity contribution >= 4 is 28.9 Å². The average molecular weight is 430 g/mol. The highest BCUT2D eigenvalue weighted by atomic mass is 16.5. The molecule has 1 aliphatic rings. The van der Waals surface area contributed by atoms with Gasteiger partial charge in [-0.3, -0.25) is 4.79 Å². The van der Waals surface area contributed by atoms with E-state index in [1.165, 1.54) is 18.6 Å². The second kappa shape index (κ2) is 10.3. The summed E-state index contributed by atoms with van der Waals surface area (Å²) < 4.78 is 5.74. The normalized spacial score (nSPS) is 15.4. The van der Waals surface area contributed by atoms with Crippen LogP contribution < -0.4 is 21.3 Å². The zero-order valence-corrected chi connectivity index (χ0v) is 17.2. The number of anilines is 4. The highest BCUT2D eigenvalue weighted by Crippen LogP contribution is 2.22. The first kappa shape index (κ1) is 21.2. The van der Waals surface area contributed by atoms with Crippen molar-refractivity contribution < 1.29 is 9.53 Å². The van der Waals surface area contributed by atoms with Crippen LogP contribution in [-0.2, 0) is 4.74 Å². The first-order chi connectivity index (χ1) is 15.7. The van der Waals surface area contributed by atoms with Gasteiger partial charge in [0.2, 0.25) is 0 Å². The fourth-order valence-corrected chi connectivity index (χ4v) is 3.13. The summed E-state index contributed by atoms with van der Waals surface area (Å²) in [6.07, 6.45) is 4.31. The third-order valence-electron chi connectivity index (χ3n) is 4.73. The molecule has 162 valence electrons. The smallest absolute Gasteiger partial charge is 0.259 e. The molecule has 0 saturated carbocycles. The lowest BCUT2D eigenvalue weighted by Crippen LogP contribution is -2.42. The molecule has 4 rings (SSSR count). The molecule has 2 aromatic heterocycles. The van der Waals surface area contributed by atoms with Gasteiger partial charge in [0.15, 0.2) is 5.69 Å². The van der Waals surface area contributed by atoms with Crippen LogP contribution in [0.1, 0.15) is 16.1 Å². The molecule has 0 aliphatic carbocycles. The van der Waals surface area contributed by atoms with Crippen molar-refractivity contribution in [2.45, 2.75) is 6.10 Å². The zero-order chi connectivity index (χ0) is 22.2. The van der Waals surface area contributed by atoms with E-state index in [1.54, 1.807) is 6.07 Å². The highest BCUT2D eigenvalue weighted by Gasteiger charge is 2.17. The van der Waals surface area contributed by atoms with Gasteiger partial charge in [-0.25, -0.2) is 15.0 Å². The number of hydrogen-bond donors (Lipinski definition) is 4. The number of ether oxygens (including phenoxy) is 1. The van der Waals surface area contributed by atoms with E-state index in [9.17, 15) is 4.79 Å². The standard InChI is InChI=1S/C22H22N8O2/c23-9-16-10-27-21(14-25-16)30-20-8-19(26-12-17-11-24-6-7-32-17)18(13-28-20)22(31)29-15-4-2-1-3-5-15/h1-5,8,10,13-14,17,24H,6-7,11-12H2,(H,29,31)(H2,26,27,28,30). The van der Waals surface area contributed by atoms with E-state index < -0.39 is 0 Å². The van der Waals surface area contributed by atoms with Gasteiger partial charge in [0.05, 0.1) is 36.4 Å². The van der Waals surface area contributed by atoms with Gasteiger partial charge >= 0.3 is 0 Å². The average Bonchev–Trinajstić information content (AvgIpc) is 2.84. The van der Waals surface area contributed by atoms with Gasteiger partial charge in [-0.05, 0) is 12.1 Å². The van der Waals surface area contributed by atoms with Gasteiger partial charge in [-0.15, -0.1) is 0 Å². The van der Waals surface area contributed by atoms with Crippen LogP contribution in [0.3, 0.4) is 0 Å². The Balaban J connectivity index is 1.54. The highest BCUT2D eigenvalue weighted by molar-refractivity contribution is 6.08. The number of hydrogen-bond acceptors (Lipinski definition) is 9. The van der Waals surface area contributed by atoms with Crippen LogP contribution in [-0.4, -0.2) is 53.2 Å². The summed E-state index contributed by atoms with van der Waals surface area (Å²) in [5, 5.41) is 21.4. The van der Waals surface area contributed by atoms with Gasteiger partial charge < -0.3 is 26.0 Å². The second-order valence-corrected chi connectivity index (χ2v) is 7.04. The summed E-state index contributed by atoms with van der Waals surface area (Å²) in [4.78, 5) is 25.4. The van der Waals surface area contributed by atoms with Crippen molar-refractivity contribution in [3.05, 3.63) is 66.2 Å². The Morgan fingerprint density at radius 1 is 1.16 bits per heavy atom. The fourth-order valence-electron chi connectivity index (χ4n) is 3.13. The van der Waals surface area contributed by atoms with Crippen LogP contribution in [0.2, 0.25) is 0 Å². The van der Waals surface area contributed by atoms with Crippen LogP contribution in [0.25, 0.3) is 0 Å². The minimum absolute atomic E-state index is 0.0113. The minimum atomic E-state index is -0.279. The minimum Gasteiger partial charge on any atom is -0.382 e. The van der Waals surface area contributed by atoms with Crippen molar-refractivity contribution in [3.8, 4) is 6.07 Å². The topological polar surface area (TPSA) is 137 Å². The molecule has 1 saturated heterocycles. The van der Waals surface area contributed by atoms with Crippen LogP contribution >= 0.6 is 0 Å². The Bertz CT molecular complexity index is 1090. The summed E-state index contributed by atoms with van der Waals surface area (Å²) in [7, 11) is 0. The Morgan fingerprint density at radius 2 is 2.00 bits per heavy atom. The number of rotatable bonds is 7. The lowest BCUT2D eigenvalue weighted by atomic mass is 10.2. The van der Waals surface area contributed by atoms with Gasteiger partial charge in [0.1, 0.15) is 17.7 Å². The Hall–Kier alpha value is -4.07. The first-order valence-electron chi connectivity index (χ1n) is 10.1. The summed E-state index contributed by atoms with van der Waals surface area (Å²) in [5.74, 6) is 0.632. The van der Waals surface area contributed by atoms with E-state index in [0.29, 0.717) is 41.7 Å². The van der Waals surface area contributed by atoms with E-state index in [0.717, 1.165) is 13.1 Å². The van der Waals surface area contributed by atoms with E-state index >= 15 is 0 Å². The Labute approximate surface area is 185 Å². The van der Waals surface area contributed by atoms with Crippen LogP contribution in [0.4, 0.5) is 23.0 Å². The van der Waals surface area contributed by atoms with Crippen molar-refractivity contribution in [2.24, 2.45) is 0 Å². The van der Waals surface area contributed by atoms with Crippen LogP contribution in [0.15, 0.2) is 55.0 Å². The number of amides is 1. The first-order valence-corrected chi connectivity index (χ1v) is 10.1. The van der Waals surface area contributed by atoms with Crippen LogP contribution in [0, 0.1) is 11.3 Å². The zero-order valence-electron chi connectivity index (χ0n) is 17.2. The molecule has 3 heterocycles. The number of benzene rings is 1. The number of nitrogens with zero attached hydrogens (tertiary/aromatic N) is 4. The van der Waals surface area contributed by atoms with Crippen molar-refractivity contribution in [1.29, 1.82) is 5.26 Å². The quantitative estimate of drug-likeness (QED) is 0.444. The molecule has 4 N–H and O–H groups in total. The van der Waals surface area contributed by atoms with E-state index in [-0.39, 0.29) is 17.7 Å². The van der Waals surface area contributed by atoms with Crippen molar-refractivity contribution in [1.82, 2.24) is 20.3 Å². The molecule has 1 unspecified atom stereocenters. The van der Waals surface area contributed by atoms with E-state index in [1.807, 2.05) is 36.4 Å². The maximum Gasteiger partial charge on any atom is 0.259 e. The predicted octanol–water partition coefficient (Wildman–Crippen LogP) is 2.14. The molecular weight excluding hydrogens is 408 g/mol. The maximum absolute atomic E-state index is 12.9. The number of nitrogens with one attached hydrogen (secondary N) is 4. The molecule has 1 atom stereocenters. The lowest BCUT2D eigenvalue weighted by Gasteiger charge is -2.24. The van der Waals surface area contributed by atoms with Crippen molar-refractivity contribution in [2.75, 3.05) is 42.2 Å². The number of carbonyl (C=O) groups is 1. The predicted molar refractivity (Wildman–Crippen MR) is 120 cm³/mol. The largest absolute Gasteiger partial charge is 0.382 e. The number of morpholine rings is 1. The number of carbonyl (C=O) groups excluding carboxylic acids is 1. The molecule has 0 bridgehead atoms. The summed E-state index contributed by atoms with van der Waals surface area (Å²) >= 11 is 0. The molecular formula is C22H22N8O2. The molecule has 1 aromatic carbocycles. The third-order valence-corrected chi connectivity index (χ3v) is 4.73. The van der Waals surface area contributed by atoms with Gasteiger partial charge in [0.25, 0.3) is 5.91 Å². The van der Waals surface area contributed by atoms with Gasteiger partial charge in [-0.1, -0.05) is 18.2 Å². The molecule has 1 amide bonds. The van der Waals surface area contributed by atoms with E-state index in [2.05, 4.69) is 36.2 Å². The molecule has 0 radical (unpaired) electrons. The number of pyridine rings is 1. The monoisotopic (exact) mass is 430 g/mol. The van der Waals surface area contributed by atoms with Gasteiger partial charge in [-0.2, -0.15) is 5.26 Å². The maximum atomic E-state index is 12.9. The number of aromatic nitrogens is 3. The SMILES string of the molecule is N#Cc1cnc(Nc2cc(NCC3CNCCO3)c(C(=O)Nc3ccccc3)cn2)cn1. The molecule has 32 heavy (non-hydrogen) atoms. The van der Waals surface area contributed by atoms with Crippen molar-refractivity contribution in [3.63, 3.8) is 0 Å². The Morgan fingerprint density at radius 3 is 2.72 bits per heavy atom. The number of para-hydroxylation sites is 1. The molecule has 1 aliphatic heterocycles.